The van der Waals surface area contributed by atoms with Gasteiger partial charge in [-0.15, -0.1) is 0 Å². The number of aryl methyl sites for hydroxylation is 2. The predicted octanol–water partition coefficient (Wildman–Crippen LogP) is 5.02. The number of carbonyl (C=O) groups excluding carboxylic acids is 1. The smallest absolute Gasteiger partial charge is 0.337 e. The lowest BCUT2D eigenvalue weighted by molar-refractivity contribution is 0.0601. The lowest BCUT2D eigenvalue weighted by Crippen LogP contribution is -2.04. The lowest BCUT2D eigenvalue weighted by atomic mass is 10.2. The molecule has 1 heterocycles. The molecule has 0 saturated carbocycles. The third-order valence-electron chi connectivity index (χ3n) is 3.87. The highest BCUT2D eigenvalue weighted by atomic mass is 35.5. The Morgan fingerprint density at radius 2 is 1.74 bits per heavy atom. The summed E-state index contributed by atoms with van der Waals surface area (Å²) in [5.41, 5.74) is 3.99. The number of carbonyl (C=O) groups is 1. The summed E-state index contributed by atoms with van der Waals surface area (Å²) in [6.45, 7) is 3.86. The van der Waals surface area contributed by atoms with Crippen molar-refractivity contribution >= 4 is 40.7 Å². The number of hydrogen-bond donors (Lipinski definition) is 2. The fraction of sp³-hybridized carbons (Fsp3) is 0.150. The second-order valence-corrected chi connectivity index (χ2v) is 6.43. The standard InChI is InChI=1S/C20H19ClN4O2/c1-12-10-15(21)6-9-17(12)24-20-22-13(2)11-18(25-20)23-16-7-4-14(5-8-16)19(26)27-3/h4-11H,1-3H3,(H2,22,23,24,25). The first-order chi connectivity index (χ1) is 12.9. The maximum absolute atomic E-state index is 11.5. The van der Waals surface area contributed by atoms with Crippen LogP contribution in [0.4, 0.5) is 23.1 Å². The number of nitrogens with one attached hydrogen (secondary N) is 2. The van der Waals surface area contributed by atoms with Gasteiger partial charge in [-0.05, 0) is 61.9 Å². The van der Waals surface area contributed by atoms with E-state index in [0.717, 1.165) is 22.6 Å². The normalized spacial score (nSPS) is 10.4. The summed E-state index contributed by atoms with van der Waals surface area (Å²) in [5.74, 6) is 0.751. The summed E-state index contributed by atoms with van der Waals surface area (Å²) in [7, 11) is 1.36. The Bertz CT molecular complexity index is 974. The largest absolute Gasteiger partial charge is 0.465 e. The van der Waals surface area contributed by atoms with Crippen LogP contribution in [0.15, 0.2) is 48.5 Å². The van der Waals surface area contributed by atoms with Crippen LogP contribution in [-0.2, 0) is 4.74 Å². The van der Waals surface area contributed by atoms with Crippen molar-refractivity contribution in [1.29, 1.82) is 0 Å². The third kappa shape index (κ3) is 4.74. The van der Waals surface area contributed by atoms with E-state index in [2.05, 4.69) is 20.6 Å². The molecule has 7 heteroatoms. The number of aromatic nitrogens is 2. The Kier molecular flexibility index (Phi) is 5.57. The molecule has 3 rings (SSSR count). The van der Waals surface area contributed by atoms with Gasteiger partial charge in [0.25, 0.3) is 0 Å². The lowest BCUT2D eigenvalue weighted by Gasteiger charge is -2.12. The predicted molar refractivity (Wildman–Crippen MR) is 107 cm³/mol. The van der Waals surface area contributed by atoms with Gasteiger partial charge in [-0.2, -0.15) is 4.98 Å². The van der Waals surface area contributed by atoms with Crippen LogP contribution >= 0.6 is 11.6 Å². The number of anilines is 4. The number of halogens is 1. The maximum atomic E-state index is 11.5. The zero-order valence-electron chi connectivity index (χ0n) is 15.2. The summed E-state index contributed by atoms with van der Waals surface area (Å²) in [6, 6.07) is 14.4. The van der Waals surface area contributed by atoms with E-state index in [-0.39, 0.29) is 5.97 Å². The highest BCUT2D eigenvalue weighted by Gasteiger charge is 2.07. The van der Waals surface area contributed by atoms with E-state index in [1.807, 2.05) is 38.1 Å². The first-order valence-corrected chi connectivity index (χ1v) is 8.66. The van der Waals surface area contributed by atoms with Gasteiger partial charge in [0, 0.05) is 28.2 Å². The van der Waals surface area contributed by atoms with Gasteiger partial charge in [0.05, 0.1) is 12.7 Å². The fourth-order valence-electron chi connectivity index (χ4n) is 2.53. The minimum atomic E-state index is -0.371. The summed E-state index contributed by atoms with van der Waals surface area (Å²) in [6.07, 6.45) is 0. The van der Waals surface area contributed by atoms with Crippen molar-refractivity contribution in [3.8, 4) is 0 Å². The quantitative estimate of drug-likeness (QED) is 0.603. The van der Waals surface area contributed by atoms with Crippen molar-refractivity contribution < 1.29 is 9.53 Å². The zero-order chi connectivity index (χ0) is 19.4. The van der Waals surface area contributed by atoms with E-state index in [1.165, 1.54) is 7.11 Å². The molecular formula is C20H19ClN4O2. The molecule has 0 radical (unpaired) electrons. The number of esters is 1. The number of benzene rings is 2. The van der Waals surface area contributed by atoms with E-state index < -0.39 is 0 Å². The topological polar surface area (TPSA) is 76.1 Å². The minimum Gasteiger partial charge on any atom is -0.465 e. The van der Waals surface area contributed by atoms with E-state index in [0.29, 0.717) is 22.4 Å². The Morgan fingerprint density at radius 1 is 1.00 bits per heavy atom. The second-order valence-electron chi connectivity index (χ2n) is 6.00. The van der Waals surface area contributed by atoms with Gasteiger partial charge < -0.3 is 15.4 Å². The molecule has 1 aromatic heterocycles. The van der Waals surface area contributed by atoms with Crippen LogP contribution in [0.2, 0.25) is 5.02 Å². The van der Waals surface area contributed by atoms with Crippen LogP contribution in [0.25, 0.3) is 0 Å². The van der Waals surface area contributed by atoms with Crippen LogP contribution in [-0.4, -0.2) is 23.0 Å². The molecule has 0 aliphatic carbocycles. The van der Waals surface area contributed by atoms with Crippen molar-refractivity contribution in [2.75, 3.05) is 17.7 Å². The molecule has 0 spiro atoms. The number of ether oxygens (including phenoxy) is 1. The summed E-state index contributed by atoms with van der Waals surface area (Å²) >= 11 is 6.00. The Balaban J connectivity index is 1.79. The molecule has 0 amide bonds. The Hall–Kier alpha value is -3.12. The molecule has 27 heavy (non-hydrogen) atoms. The third-order valence-corrected chi connectivity index (χ3v) is 4.10. The molecule has 0 bridgehead atoms. The Labute approximate surface area is 162 Å². The van der Waals surface area contributed by atoms with Crippen LogP contribution in [0.1, 0.15) is 21.6 Å². The van der Waals surface area contributed by atoms with Crippen molar-refractivity contribution in [2.45, 2.75) is 13.8 Å². The van der Waals surface area contributed by atoms with Crippen LogP contribution < -0.4 is 10.6 Å². The maximum Gasteiger partial charge on any atom is 0.337 e. The first-order valence-electron chi connectivity index (χ1n) is 8.29. The van der Waals surface area contributed by atoms with Gasteiger partial charge in [-0.25, -0.2) is 9.78 Å². The number of rotatable bonds is 5. The molecule has 3 aromatic rings. The highest BCUT2D eigenvalue weighted by molar-refractivity contribution is 6.30. The second kappa shape index (κ2) is 8.05. The van der Waals surface area contributed by atoms with Gasteiger partial charge in [-0.3, -0.25) is 0 Å². The van der Waals surface area contributed by atoms with Gasteiger partial charge in [0.2, 0.25) is 5.95 Å². The SMILES string of the molecule is COC(=O)c1ccc(Nc2cc(C)nc(Nc3ccc(Cl)cc3C)n2)cc1. The van der Waals surface area contributed by atoms with E-state index in [1.54, 1.807) is 24.3 Å². The summed E-state index contributed by atoms with van der Waals surface area (Å²) in [5, 5.41) is 7.11. The van der Waals surface area contributed by atoms with Crippen molar-refractivity contribution in [1.82, 2.24) is 9.97 Å². The molecule has 138 valence electrons. The summed E-state index contributed by atoms with van der Waals surface area (Å²) < 4.78 is 4.70. The monoisotopic (exact) mass is 382 g/mol. The Morgan fingerprint density at radius 3 is 2.41 bits per heavy atom. The van der Waals surface area contributed by atoms with Gasteiger partial charge in [0.1, 0.15) is 5.82 Å². The van der Waals surface area contributed by atoms with Crippen molar-refractivity contribution in [3.63, 3.8) is 0 Å². The van der Waals surface area contributed by atoms with Crippen LogP contribution in [0.5, 0.6) is 0 Å². The van der Waals surface area contributed by atoms with Gasteiger partial charge in [-0.1, -0.05) is 11.6 Å². The first kappa shape index (κ1) is 18.7. The van der Waals surface area contributed by atoms with Crippen molar-refractivity contribution in [3.05, 3.63) is 70.4 Å². The fourth-order valence-corrected chi connectivity index (χ4v) is 2.76. The molecule has 2 N–H and O–H groups in total. The van der Waals surface area contributed by atoms with E-state index in [4.69, 9.17) is 16.3 Å². The van der Waals surface area contributed by atoms with E-state index >= 15 is 0 Å². The summed E-state index contributed by atoms with van der Waals surface area (Å²) in [4.78, 5) is 20.4. The minimum absolute atomic E-state index is 0.371. The van der Waals surface area contributed by atoms with Gasteiger partial charge in [0.15, 0.2) is 0 Å². The average molecular weight is 383 g/mol. The number of hydrogen-bond acceptors (Lipinski definition) is 6. The molecule has 0 unspecified atom stereocenters. The van der Waals surface area contributed by atoms with Crippen molar-refractivity contribution in [2.24, 2.45) is 0 Å². The van der Waals surface area contributed by atoms with Gasteiger partial charge >= 0.3 is 5.97 Å². The molecule has 0 aliphatic heterocycles. The van der Waals surface area contributed by atoms with E-state index in [9.17, 15) is 4.79 Å². The zero-order valence-corrected chi connectivity index (χ0v) is 16.0. The highest BCUT2D eigenvalue weighted by Crippen LogP contribution is 2.24. The molecule has 6 nitrogen and oxygen atoms in total. The van der Waals surface area contributed by atoms with Crippen LogP contribution in [0.3, 0.4) is 0 Å². The number of nitrogens with zero attached hydrogens (tertiary/aromatic N) is 2. The number of methoxy groups -OCH3 is 1. The molecule has 0 fully saturated rings. The molecule has 0 saturated heterocycles. The molecule has 0 aliphatic rings. The molecular weight excluding hydrogens is 364 g/mol. The average Bonchev–Trinajstić information content (AvgIpc) is 2.63. The van der Waals surface area contributed by atoms with Crippen LogP contribution in [0, 0.1) is 13.8 Å². The molecule has 2 aromatic carbocycles. The molecule has 0 atom stereocenters.